The Morgan fingerprint density at radius 3 is 2.50 bits per heavy atom. The van der Waals surface area contributed by atoms with Crippen molar-refractivity contribution in [3.63, 3.8) is 0 Å². The van der Waals surface area contributed by atoms with E-state index in [0.29, 0.717) is 25.7 Å². The zero-order valence-corrected chi connectivity index (χ0v) is 9.05. The molecule has 1 N–H and O–H groups in total. The van der Waals surface area contributed by atoms with E-state index in [0.717, 1.165) is 12.8 Å². The van der Waals surface area contributed by atoms with Crippen molar-refractivity contribution in [2.24, 2.45) is 0 Å². The third kappa shape index (κ3) is 1.74. The van der Waals surface area contributed by atoms with Gasteiger partial charge in [-0.1, -0.05) is 0 Å². The first-order chi connectivity index (χ1) is 6.64. The van der Waals surface area contributed by atoms with Gasteiger partial charge in [0.1, 0.15) is 0 Å². The Morgan fingerprint density at radius 1 is 1.43 bits per heavy atom. The minimum Gasteiger partial charge on any atom is -0.390 e. The van der Waals surface area contributed by atoms with Crippen LogP contribution in [0.4, 0.5) is 0 Å². The third-order valence-electron chi connectivity index (χ3n) is 3.42. The lowest BCUT2D eigenvalue weighted by Gasteiger charge is -2.35. The van der Waals surface area contributed by atoms with Gasteiger partial charge in [-0.05, 0) is 32.1 Å². The first-order valence-electron chi connectivity index (χ1n) is 5.20. The maximum Gasteiger partial charge on any atom is 0.0679 e. The molecule has 0 spiro atoms. The van der Waals surface area contributed by atoms with Crippen molar-refractivity contribution in [1.29, 1.82) is 0 Å². The van der Waals surface area contributed by atoms with Crippen LogP contribution in [0, 0.1) is 12.3 Å². The van der Waals surface area contributed by atoms with Crippen molar-refractivity contribution in [2.75, 3.05) is 0 Å². The molecule has 0 aromatic carbocycles. The van der Waals surface area contributed by atoms with Gasteiger partial charge in [-0.25, -0.2) is 0 Å². The van der Waals surface area contributed by atoms with Crippen molar-refractivity contribution in [3.8, 4) is 12.3 Å². The fourth-order valence-corrected chi connectivity index (χ4v) is 4.91. The van der Waals surface area contributed by atoms with Crippen molar-refractivity contribution in [1.82, 2.24) is 0 Å². The van der Waals surface area contributed by atoms with E-state index in [1.165, 1.54) is 0 Å². The quantitative estimate of drug-likeness (QED) is 0.698. The number of aliphatic hydroxyl groups is 1. The zero-order valence-electron chi connectivity index (χ0n) is 8.24. The molecular weight excluding hydrogens is 196 g/mol. The molecule has 0 aromatic heterocycles. The van der Waals surface area contributed by atoms with Gasteiger partial charge in [0.2, 0.25) is 0 Å². The highest BCUT2D eigenvalue weighted by atomic mass is 32.2. The summed E-state index contributed by atoms with van der Waals surface area (Å²) in [4.78, 5) is 0. The summed E-state index contributed by atoms with van der Waals surface area (Å²) in [6.45, 7) is 0. The highest BCUT2D eigenvalue weighted by molar-refractivity contribution is 7.86. The lowest BCUT2D eigenvalue weighted by atomic mass is 9.89. The largest absolute Gasteiger partial charge is 0.390 e. The normalized spacial score (nSPS) is 46.1. The first-order valence-corrected chi connectivity index (χ1v) is 6.47. The minimum absolute atomic E-state index is 0.233. The minimum atomic E-state index is -0.682. The van der Waals surface area contributed by atoms with E-state index in [1.54, 1.807) is 0 Å². The predicted molar refractivity (Wildman–Crippen MR) is 57.2 cm³/mol. The molecule has 2 aliphatic heterocycles. The maximum absolute atomic E-state index is 11.7. The summed E-state index contributed by atoms with van der Waals surface area (Å²) in [6.07, 6.45) is 9.93. The average molecular weight is 212 g/mol. The molecule has 2 saturated heterocycles. The monoisotopic (exact) mass is 212 g/mol. The van der Waals surface area contributed by atoms with E-state index >= 15 is 0 Å². The van der Waals surface area contributed by atoms with E-state index in [2.05, 4.69) is 5.92 Å². The van der Waals surface area contributed by atoms with Crippen LogP contribution < -0.4 is 0 Å². The Balaban J connectivity index is 2.05. The van der Waals surface area contributed by atoms with Gasteiger partial charge in [0.25, 0.3) is 0 Å². The highest BCUT2D eigenvalue weighted by Gasteiger charge is 2.46. The van der Waals surface area contributed by atoms with Crippen molar-refractivity contribution in [2.45, 2.75) is 54.6 Å². The Bertz CT molecular complexity index is 276. The number of terminal acetylenes is 1. The van der Waals surface area contributed by atoms with Crippen LogP contribution >= 0.6 is 0 Å². The van der Waals surface area contributed by atoms with Gasteiger partial charge in [0.15, 0.2) is 0 Å². The summed E-state index contributed by atoms with van der Waals surface area (Å²) in [7, 11) is -0.682. The highest BCUT2D eigenvalue weighted by Crippen LogP contribution is 2.42. The van der Waals surface area contributed by atoms with Crippen LogP contribution in [-0.4, -0.2) is 25.4 Å². The van der Waals surface area contributed by atoms with Crippen LogP contribution in [0.25, 0.3) is 0 Å². The second kappa shape index (κ2) is 3.67. The van der Waals surface area contributed by atoms with Crippen molar-refractivity contribution < 1.29 is 9.32 Å². The van der Waals surface area contributed by atoms with Gasteiger partial charge in [-0.2, -0.15) is 0 Å². The van der Waals surface area contributed by atoms with Crippen LogP contribution in [0.1, 0.15) is 38.5 Å². The third-order valence-corrected chi connectivity index (χ3v) is 5.54. The lowest BCUT2D eigenvalue weighted by molar-refractivity contribution is 0.0157. The van der Waals surface area contributed by atoms with Crippen LogP contribution in [-0.2, 0) is 10.8 Å². The number of rotatable bonds is 2. The Morgan fingerprint density at radius 2 is 2.00 bits per heavy atom. The Labute approximate surface area is 87.5 Å². The van der Waals surface area contributed by atoms with E-state index in [9.17, 15) is 9.32 Å². The molecule has 0 amide bonds. The summed E-state index contributed by atoms with van der Waals surface area (Å²) < 4.78 is 11.7. The Kier molecular flexibility index (Phi) is 2.68. The van der Waals surface area contributed by atoms with Crippen molar-refractivity contribution >= 4 is 10.8 Å². The van der Waals surface area contributed by atoms with Gasteiger partial charge >= 0.3 is 0 Å². The van der Waals surface area contributed by atoms with E-state index in [-0.39, 0.29) is 10.5 Å². The average Bonchev–Trinajstić information content (AvgIpc) is 2.41. The SMILES string of the molecule is C#CCCC1(O)CC2CCC(C1)S2=O. The molecule has 2 heterocycles. The van der Waals surface area contributed by atoms with Crippen LogP contribution in [0.5, 0.6) is 0 Å². The topological polar surface area (TPSA) is 37.3 Å². The number of hydrogen-bond donors (Lipinski definition) is 1. The summed E-state index contributed by atoms with van der Waals surface area (Å²) in [6, 6.07) is 0. The molecule has 0 saturated carbocycles. The summed E-state index contributed by atoms with van der Waals surface area (Å²) in [5.41, 5.74) is -0.619. The van der Waals surface area contributed by atoms with Gasteiger partial charge in [-0.15, -0.1) is 12.3 Å². The van der Waals surface area contributed by atoms with Gasteiger partial charge in [0.05, 0.1) is 5.60 Å². The predicted octanol–water partition coefficient (Wildman–Crippen LogP) is 1.20. The standard InChI is InChI=1S/C11H16O2S/c1-2-3-6-11(12)7-9-4-5-10(8-11)14(9)13/h1,9-10,12H,3-8H2. The molecule has 2 atom stereocenters. The maximum atomic E-state index is 11.7. The molecule has 0 radical (unpaired) electrons. The zero-order chi connectivity index (χ0) is 10.2. The lowest BCUT2D eigenvalue weighted by Crippen LogP contribution is -2.42. The molecule has 2 nitrogen and oxygen atoms in total. The van der Waals surface area contributed by atoms with Gasteiger partial charge < -0.3 is 5.11 Å². The second-order valence-electron chi connectivity index (χ2n) is 4.49. The molecule has 0 aliphatic carbocycles. The molecule has 2 fully saturated rings. The fraction of sp³-hybridized carbons (Fsp3) is 0.818. The van der Waals surface area contributed by atoms with Crippen LogP contribution in [0.3, 0.4) is 0 Å². The fourth-order valence-electron chi connectivity index (χ4n) is 2.68. The van der Waals surface area contributed by atoms with Gasteiger partial charge in [-0.3, -0.25) is 4.21 Å². The van der Waals surface area contributed by atoms with Crippen molar-refractivity contribution in [3.05, 3.63) is 0 Å². The summed E-state index contributed by atoms with van der Waals surface area (Å²) in [5, 5.41) is 10.7. The molecule has 14 heavy (non-hydrogen) atoms. The Hall–Kier alpha value is -0.330. The molecule has 2 bridgehead atoms. The second-order valence-corrected chi connectivity index (χ2v) is 6.48. The summed E-state index contributed by atoms with van der Waals surface area (Å²) >= 11 is 0. The molecular formula is C11H16O2S. The van der Waals surface area contributed by atoms with Crippen LogP contribution in [0.2, 0.25) is 0 Å². The molecule has 2 rings (SSSR count). The number of fused-ring (bicyclic) bond motifs is 2. The molecule has 3 heteroatoms. The molecule has 78 valence electrons. The molecule has 2 aliphatic rings. The van der Waals surface area contributed by atoms with E-state index in [4.69, 9.17) is 6.42 Å². The van der Waals surface area contributed by atoms with E-state index < -0.39 is 16.4 Å². The smallest absolute Gasteiger partial charge is 0.0679 e. The first kappa shape index (κ1) is 10.2. The number of hydrogen-bond acceptors (Lipinski definition) is 2. The molecule has 0 aromatic rings. The van der Waals surface area contributed by atoms with E-state index in [1.807, 2.05) is 0 Å². The summed E-state index contributed by atoms with van der Waals surface area (Å²) in [5.74, 6) is 2.57. The molecule has 2 unspecified atom stereocenters. The van der Waals surface area contributed by atoms with Crippen LogP contribution in [0.15, 0.2) is 0 Å². The van der Waals surface area contributed by atoms with Gasteiger partial charge in [0, 0.05) is 27.7 Å².